The maximum absolute atomic E-state index is 12.2. The Morgan fingerprint density at radius 1 is 1.16 bits per heavy atom. The summed E-state index contributed by atoms with van der Waals surface area (Å²) in [7, 11) is 1.40. The van der Waals surface area contributed by atoms with Crippen LogP contribution in [-0.2, 0) is 11.2 Å². The minimum absolute atomic E-state index is 0.339. The number of esters is 1. The van der Waals surface area contributed by atoms with Crippen molar-refractivity contribution in [2.24, 2.45) is 0 Å². The van der Waals surface area contributed by atoms with Crippen molar-refractivity contribution in [2.75, 3.05) is 17.7 Å². The topological polar surface area (TPSA) is 50.4 Å². The molecule has 6 heteroatoms. The summed E-state index contributed by atoms with van der Waals surface area (Å²) < 4.78 is 4.95. The van der Waals surface area contributed by atoms with E-state index >= 15 is 0 Å². The van der Waals surface area contributed by atoms with Crippen LogP contribution >= 0.6 is 23.6 Å². The van der Waals surface area contributed by atoms with Gasteiger partial charge < -0.3 is 15.4 Å². The van der Waals surface area contributed by atoms with Crippen LogP contribution in [0.15, 0.2) is 12.1 Å². The Hall–Kier alpha value is -1.92. The zero-order valence-corrected chi connectivity index (χ0v) is 17.1. The minimum Gasteiger partial charge on any atom is -0.465 e. The van der Waals surface area contributed by atoms with Crippen LogP contribution in [-0.4, -0.2) is 18.2 Å². The van der Waals surface area contributed by atoms with E-state index in [0.717, 1.165) is 38.7 Å². The van der Waals surface area contributed by atoms with Gasteiger partial charge in [0.2, 0.25) is 0 Å². The molecular formula is C19H24N2O2S2. The van der Waals surface area contributed by atoms with Crippen LogP contribution in [0, 0.1) is 27.7 Å². The number of methoxy groups -OCH3 is 1. The predicted octanol–water partition coefficient (Wildman–Crippen LogP) is 5.14. The fourth-order valence-electron chi connectivity index (χ4n) is 3.04. The molecule has 1 aromatic carbocycles. The highest BCUT2D eigenvalue weighted by Crippen LogP contribution is 2.34. The average Bonchev–Trinajstić information content (AvgIpc) is 2.85. The van der Waals surface area contributed by atoms with E-state index in [-0.39, 0.29) is 5.97 Å². The van der Waals surface area contributed by atoms with Crippen molar-refractivity contribution in [3.8, 4) is 0 Å². The molecule has 0 saturated heterocycles. The van der Waals surface area contributed by atoms with Gasteiger partial charge in [0.1, 0.15) is 5.00 Å². The van der Waals surface area contributed by atoms with E-state index in [4.69, 9.17) is 17.0 Å². The van der Waals surface area contributed by atoms with Crippen molar-refractivity contribution in [3.63, 3.8) is 0 Å². The third-order valence-corrected chi connectivity index (χ3v) is 5.36. The first-order chi connectivity index (χ1) is 11.8. The molecule has 0 aliphatic rings. The monoisotopic (exact) mass is 376 g/mol. The van der Waals surface area contributed by atoms with E-state index in [0.29, 0.717) is 10.7 Å². The number of ether oxygens (including phenoxy) is 1. The molecule has 134 valence electrons. The van der Waals surface area contributed by atoms with E-state index < -0.39 is 0 Å². The molecule has 0 radical (unpaired) electrons. The van der Waals surface area contributed by atoms with Crippen LogP contribution in [0.1, 0.15) is 44.4 Å². The van der Waals surface area contributed by atoms with Crippen molar-refractivity contribution in [1.82, 2.24) is 0 Å². The molecular weight excluding hydrogens is 352 g/mol. The minimum atomic E-state index is -0.339. The van der Waals surface area contributed by atoms with Gasteiger partial charge in [0.05, 0.1) is 12.7 Å². The van der Waals surface area contributed by atoms with Gasteiger partial charge in [-0.3, -0.25) is 0 Å². The number of aryl methyl sites for hydroxylation is 4. The smallest absolute Gasteiger partial charge is 0.341 e. The van der Waals surface area contributed by atoms with Crippen molar-refractivity contribution in [3.05, 3.63) is 44.8 Å². The van der Waals surface area contributed by atoms with Crippen LogP contribution < -0.4 is 10.6 Å². The van der Waals surface area contributed by atoms with Crippen LogP contribution in [0.3, 0.4) is 0 Å². The summed E-state index contributed by atoms with van der Waals surface area (Å²) in [6.07, 6.45) is 0.769. The molecule has 1 aromatic heterocycles. The van der Waals surface area contributed by atoms with Gasteiger partial charge in [-0.25, -0.2) is 4.79 Å². The average molecular weight is 377 g/mol. The first-order valence-corrected chi connectivity index (χ1v) is 9.37. The molecule has 0 aliphatic carbocycles. The molecule has 0 bridgehead atoms. The van der Waals surface area contributed by atoms with E-state index in [1.165, 1.54) is 24.0 Å². The summed E-state index contributed by atoms with van der Waals surface area (Å²) in [6, 6.07) is 4.23. The summed E-state index contributed by atoms with van der Waals surface area (Å²) in [5.74, 6) is -0.339. The SMILES string of the molecule is CCc1c(C)sc(NC(=S)Nc2c(C)cc(C)cc2C)c1C(=O)OC. The molecule has 0 unspecified atom stereocenters. The van der Waals surface area contributed by atoms with Gasteiger partial charge in [0.15, 0.2) is 5.11 Å². The number of carbonyl (C=O) groups excluding carboxylic acids is 1. The standard InChI is InChI=1S/C19H24N2O2S2/c1-7-14-13(5)25-17(15(14)18(22)23-6)21-19(24)20-16-11(3)8-10(2)9-12(16)4/h8-9H,7H2,1-6H3,(H2,20,21,24). The quantitative estimate of drug-likeness (QED) is 0.571. The molecule has 0 spiro atoms. The summed E-state index contributed by atoms with van der Waals surface area (Å²) in [5, 5.41) is 7.62. The lowest BCUT2D eigenvalue weighted by atomic mass is 10.1. The van der Waals surface area contributed by atoms with Gasteiger partial charge in [-0.1, -0.05) is 24.6 Å². The molecule has 2 aromatic rings. The van der Waals surface area contributed by atoms with Gasteiger partial charge in [0, 0.05) is 10.6 Å². The van der Waals surface area contributed by atoms with Gasteiger partial charge >= 0.3 is 5.97 Å². The second kappa shape index (κ2) is 7.97. The first kappa shape index (κ1) is 19.4. The molecule has 2 N–H and O–H groups in total. The Balaban J connectivity index is 2.29. The highest BCUT2D eigenvalue weighted by atomic mass is 32.1. The van der Waals surface area contributed by atoms with Gasteiger partial charge in [-0.05, 0) is 63.0 Å². The van der Waals surface area contributed by atoms with Crippen molar-refractivity contribution in [1.29, 1.82) is 0 Å². The lowest BCUT2D eigenvalue weighted by molar-refractivity contribution is 0.0601. The van der Waals surface area contributed by atoms with Crippen LogP contribution in [0.25, 0.3) is 0 Å². The normalized spacial score (nSPS) is 10.5. The molecule has 4 nitrogen and oxygen atoms in total. The summed E-state index contributed by atoms with van der Waals surface area (Å²) in [4.78, 5) is 13.3. The second-order valence-electron chi connectivity index (χ2n) is 6.04. The fourth-order valence-corrected chi connectivity index (χ4v) is 4.44. The highest BCUT2D eigenvalue weighted by Gasteiger charge is 2.22. The molecule has 0 fully saturated rings. The third kappa shape index (κ3) is 4.19. The van der Waals surface area contributed by atoms with Gasteiger partial charge in [-0.15, -0.1) is 11.3 Å². The van der Waals surface area contributed by atoms with Crippen molar-refractivity contribution in [2.45, 2.75) is 41.0 Å². The number of anilines is 2. The lowest BCUT2D eigenvalue weighted by Crippen LogP contribution is -2.21. The molecule has 1 heterocycles. The number of nitrogens with one attached hydrogen (secondary N) is 2. The number of rotatable bonds is 4. The number of thiophene rings is 1. The zero-order valence-electron chi connectivity index (χ0n) is 15.5. The fraction of sp³-hybridized carbons (Fsp3) is 0.368. The number of hydrogen-bond acceptors (Lipinski definition) is 4. The van der Waals surface area contributed by atoms with Crippen LogP contribution in [0.4, 0.5) is 10.7 Å². The van der Waals surface area contributed by atoms with Crippen LogP contribution in [0.5, 0.6) is 0 Å². The summed E-state index contributed by atoms with van der Waals surface area (Å²) in [5.41, 5.74) is 6.05. The van der Waals surface area contributed by atoms with E-state index in [2.05, 4.69) is 43.5 Å². The van der Waals surface area contributed by atoms with Crippen molar-refractivity contribution >= 4 is 45.3 Å². The second-order valence-corrected chi connectivity index (χ2v) is 7.67. The predicted molar refractivity (Wildman–Crippen MR) is 110 cm³/mol. The zero-order chi connectivity index (χ0) is 18.7. The largest absolute Gasteiger partial charge is 0.465 e. The van der Waals surface area contributed by atoms with E-state index in [1.54, 1.807) is 0 Å². The summed E-state index contributed by atoms with van der Waals surface area (Å²) >= 11 is 6.99. The Morgan fingerprint density at radius 2 is 1.76 bits per heavy atom. The Bertz CT molecular complexity index is 802. The maximum atomic E-state index is 12.2. The van der Waals surface area contributed by atoms with Gasteiger partial charge in [0.25, 0.3) is 0 Å². The molecule has 0 amide bonds. The summed E-state index contributed by atoms with van der Waals surface area (Å²) in [6.45, 7) is 10.2. The number of carbonyl (C=O) groups is 1. The highest BCUT2D eigenvalue weighted by molar-refractivity contribution is 7.80. The van der Waals surface area contributed by atoms with Gasteiger partial charge in [-0.2, -0.15) is 0 Å². The maximum Gasteiger partial charge on any atom is 0.341 e. The Kier molecular flexibility index (Phi) is 6.19. The lowest BCUT2D eigenvalue weighted by Gasteiger charge is -2.15. The molecule has 2 rings (SSSR count). The number of benzene rings is 1. The molecule has 0 saturated carbocycles. The van der Waals surface area contributed by atoms with Crippen molar-refractivity contribution < 1.29 is 9.53 Å². The molecule has 25 heavy (non-hydrogen) atoms. The molecule has 0 atom stereocenters. The third-order valence-electron chi connectivity index (χ3n) is 4.09. The number of thiocarbonyl (C=S) groups is 1. The van der Waals surface area contributed by atoms with Crippen LogP contribution in [0.2, 0.25) is 0 Å². The Labute approximate surface area is 158 Å². The van der Waals surface area contributed by atoms with E-state index in [9.17, 15) is 4.79 Å². The van der Waals surface area contributed by atoms with E-state index in [1.807, 2.05) is 13.8 Å². The Morgan fingerprint density at radius 3 is 2.28 bits per heavy atom. The number of hydrogen-bond donors (Lipinski definition) is 2. The first-order valence-electron chi connectivity index (χ1n) is 8.14. The molecule has 0 aliphatic heterocycles.